The number of hydrogen-bond acceptors (Lipinski definition) is 6. The molecule has 0 saturated carbocycles. The maximum atomic E-state index is 12.3. The third kappa shape index (κ3) is 6.19. The lowest BCUT2D eigenvalue weighted by molar-refractivity contribution is -0.149. The predicted molar refractivity (Wildman–Crippen MR) is 113 cm³/mol. The molecule has 1 N–H and O–H groups in total. The van der Waals surface area contributed by atoms with Crippen molar-refractivity contribution in [2.45, 2.75) is 18.7 Å². The van der Waals surface area contributed by atoms with E-state index < -0.39 is 28.5 Å². The van der Waals surface area contributed by atoms with Crippen molar-refractivity contribution < 1.29 is 27.5 Å². The predicted octanol–water partition coefficient (Wildman–Crippen LogP) is 2.77. The van der Waals surface area contributed by atoms with Crippen molar-refractivity contribution in [3.63, 3.8) is 0 Å². The van der Waals surface area contributed by atoms with Gasteiger partial charge >= 0.3 is 5.97 Å². The molecular formula is C20H23ClN2O6S. The highest BCUT2D eigenvalue weighted by Gasteiger charge is 2.21. The highest BCUT2D eigenvalue weighted by atomic mass is 35.5. The fourth-order valence-electron chi connectivity index (χ4n) is 2.36. The summed E-state index contributed by atoms with van der Waals surface area (Å²) in [6, 6.07) is 9.64. The first-order chi connectivity index (χ1) is 14.0. The van der Waals surface area contributed by atoms with Gasteiger partial charge in [0.1, 0.15) is 10.6 Å². The second kappa shape index (κ2) is 9.92. The number of carbonyl (C=O) groups excluding carboxylic acids is 2. The Morgan fingerprint density at radius 3 is 2.43 bits per heavy atom. The lowest BCUT2D eigenvalue weighted by Gasteiger charge is -2.14. The van der Waals surface area contributed by atoms with Gasteiger partial charge in [-0.3, -0.25) is 4.79 Å². The number of carbonyl (C=O) groups is 2. The van der Waals surface area contributed by atoms with Crippen molar-refractivity contribution in [1.82, 2.24) is 4.31 Å². The van der Waals surface area contributed by atoms with Gasteiger partial charge < -0.3 is 14.8 Å². The average molecular weight is 455 g/mol. The Kier molecular flexibility index (Phi) is 7.83. The number of ether oxygens (including phenoxy) is 2. The Morgan fingerprint density at radius 1 is 1.07 bits per heavy atom. The molecule has 0 fully saturated rings. The molecule has 0 heterocycles. The first-order valence-corrected chi connectivity index (χ1v) is 10.7. The van der Waals surface area contributed by atoms with Crippen molar-refractivity contribution in [2.24, 2.45) is 0 Å². The van der Waals surface area contributed by atoms with Gasteiger partial charge in [-0.15, -0.1) is 0 Å². The Labute approximate surface area is 180 Å². The number of halogens is 1. The van der Waals surface area contributed by atoms with Crippen LogP contribution in [0.3, 0.4) is 0 Å². The molecule has 30 heavy (non-hydrogen) atoms. The van der Waals surface area contributed by atoms with Crippen LogP contribution >= 0.6 is 11.6 Å². The van der Waals surface area contributed by atoms with E-state index in [1.807, 2.05) is 26.0 Å². The lowest BCUT2D eigenvalue weighted by Crippen LogP contribution is -2.24. The number of hydrogen-bond donors (Lipinski definition) is 1. The smallest absolute Gasteiger partial charge is 0.344 e. The summed E-state index contributed by atoms with van der Waals surface area (Å²) in [7, 11) is -1.04. The summed E-state index contributed by atoms with van der Waals surface area (Å²) in [5.41, 5.74) is 2.06. The zero-order chi connectivity index (χ0) is 22.5. The molecule has 0 aliphatic heterocycles. The van der Waals surface area contributed by atoms with Gasteiger partial charge in [0.2, 0.25) is 10.0 Å². The van der Waals surface area contributed by atoms with E-state index >= 15 is 0 Å². The highest BCUT2D eigenvalue weighted by Crippen LogP contribution is 2.26. The molecule has 1 amide bonds. The lowest BCUT2D eigenvalue weighted by atomic mass is 10.1. The molecule has 0 aromatic heterocycles. The molecular weight excluding hydrogens is 432 g/mol. The van der Waals surface area contributed by atoms with Gasteiger partial charge in [-0.1, -0.05) is 23.7 Å². The quantitative estimate of drug-likeness (QED) is 0.615. The molecule has 0 bridgehead atoms. The van der Waals surface area contributed by atoms with Crippen molar-refractivity contribution in [2.75, 3.05) is 32.6 Å². The van der Waals surface area contributed by atoms with E-state index in [2.05, 4.69) is 5.32 Å². The molecule has 0 aliphatic carbocycles. The number of benzene rings is 2. The maximum absolute atomic E-state index is 12.3. The molecule has 2 aromatic carbocycles. The van der Waals surface area contributed by atoms with Gasteiger partial charge in [0, 0.05) is 19.8 Å². The largest absolute Gasteiger partial charge is 0.482 e. The van der Waals surface area contributed by atoms with E-state index in [4.69, 9.17) is 21.1 Å². The molecule has 0 spiro atoms. The Bertz CT molecular complexity index is 1050. The first-order valence-electron chi connectivity index (χ1n) is 8.88. The Balaban J connectivity index is 1.92. The van der Waals surface area contributed by atoms with Crippen LogP contribution in [0, 0.1) is 13.8 Å². The number of aryl methyl sites for hydroxylation is 2. The topological polar surface area (TPSA) is 102 Å². The van der Waals surface area contributed by atoms with Crippen LogP contribution in [-0.4, -0.2) is 51.9 Å². The number of nitrogens with zero attached hydrogens (tertiary/aromatic N) is 1. The van der Waals surface area contributed by atoms with Crippen molar-refractivity contribution in [3.8, 4) is 5.75 Å². The molecule has 162 valence electrons. The summed E-state index contributed by atoms with van der Waals surface area (Å²) in [5.74, 6) is -0.782. The maximum Gasteiger partial charge on any atom is 0.344 e. The number of nitrogens with one attached hydrogen (secondary N) is 1. The summed E-state index contributed by atoms with van der Waals surface area (Å²) in [6.07, 6.45) is 0. The monoisotopic (exact) mass is 454 g/mol. The summed E-state index contributed by atoms with van der Waals surface area (Å²) in [5, 5.41) is 2.49. The zero-order valence-electron chi connectivity index (χ0n) is 17.1. The van der Waals surface area contributed by atoms with Crippen LogP contribution < -0.4 is 10.1 Å². The van der Waals surface area contributed by atoms with Gasteiger partial charge in [0.15, 0.2) is 13.2 Å². The zero-order valence-corrected chi connectivity index (χ0v) is 18.6. The van der Waals surface area contributed by atoms with E-state index in [0.717, 1.165) is 15.4 Å². The normalized spacial score (nSPS) is 11.3. The summed E-state index contributed by atoms with van der Waals surface area (Å²) < 4.78 is 35.9. The fraction of sp³-hybridized carbons (Fsp3) is 0.300. The fourth-order valence-corrected chi connectivity index (χ4v) is 3.75. The molecule has 8 nitrogen and oxygen atoms in total. The van der Waals surface area contributed by atoms with Gasteiger partial charge in [-0.05, 0) is 49.2 Å². The van der Waals surface area contributed by atoms with Crippen LogP contribution in [0.25, 0.3) is 0 Å². The molecule has 0 unspecified atom stereocenters. The average Bonchev–Trinajstić information content (AvgIpc) is 2.68. The Morgan fingerprint density at radius 2 is 1.77 bits per heavy atom. The highest BCUT2D eigenvalue weighted by molar-refractivity contribution is 7.89. The van der Waals surface area contributed by atoms with Crippen LogP contribution in [0.5, 0.6) is 5.75 Å². The standard InChI is InChI=1S/C20H23ClN2O6S/c1-13-5-6-14(2)17(9-13)28-12-20(25)29-11-19(24)22-15-7-8-16(21)18(10-15)30(26,27)23(3)4/h5-10H,11-12H2,1-4H3,(H,22,24). The Hall–Kier alpha value is -2.62. The molecule has 2 aromatic rings. The summed E-state index contributed by atoms with van der Waals surface area (Å²) in [4.78, 5) is 23.7. The summed E-state index contributed by atoms with van der Waals surface area (Å²) in [6.45, 7) is 2.86. The molecule has 0 radical (unpaired) electrons. The minimum atomic E-state index is -3.78. The minimum absolute atomic E-state index is 0.0247. The number of esters is 1. The van der Waals surface area contributed by atoms with Crippen molar-refractivity contribution in [1.29, 1.82) is 0 Å². The third-order valence-electron chi connectivity index (χ3n) is 4.03. The minimum Gasteiger partial charge on any atom is -0.482 e. The van der Waals surface area contributed by atoms with Gasteiger partial charge in [-0.25, -0.2) is 17.5 Å². The van der Waals surface area contributed by atoms with Gasteiger partial charge in [-0.2, -0.15) is 0 Å². The molecule has 0 saturated heterocycles. The second-order valence-corrected chi connectivity index (χ2v) is 9.23. The van der Waals surface area contributed by atoms with Crippen molar-refractivity contribution >= 4 is 39.2 Å². The van der Waals surface area contributed by atoms with Crippen LogP contribution in [0.1, 0.15) is 11.1 Å². The number of amides is 1. The first kappa shape index (κ1) is 23.7. The van der Waals surface area contributed by atoms with E-state index in [0.29, 0.717) is 5.75 Å². The van der Waals surface area contributed by atoms with Gasteiger partial charge in [0.05, 0.1) is 5.02 Å². The SMILES string of the molecule is Cc1ccc(C)c(OCC(=O)OCC(=O)Nc2ccc(Cl)c(S(=O)(=O)N(C)C)c2)c1. The molecule has 2 rings (SSSR count). The second-order valence-electron chi connectivity index (χ2n) is 6.70. The van der Waals surface area contributed by atoms with E-state index in [9.17, 15) is 18.0 Å². The van der Waals surface area contributed by atoms with Crippen LogP contribution in [0.2, 0.25) is 5.02 Å². The van der Waals surface area contributed by atoms with E-state index in [1.165, 1.54) is 32.3 Å². The van der Waals surface area contributed by atoms with Crippen LogP contribution in [0.15, 0.2) is 41.3 Å². The molecule has 0 aliphatic rings. The summed E-state index contributed by atoms with van der Waals surface area (Å²) >= 11 is 5.97. The number of sulfonamides is 1. The van der Waals surface area contributed by atoms with Crippen molar-refractivity contribution in [3.05, 3.63) is 52.5 Å². The van der Waals surface area contributed by atoms with Crippen LogP contribution in [0.4, 0.5) is 5.69 Å². The van der Waals surface area contributed by atoms with Gasteiger partial charge in [0.25, 0.3) is 5.91 Å². The molecule has 0 atom stereocenters. The van der Waals surface area contributed by atoms with E-state index in [-0.39, 0.29) is 22.2 Å². The van der Waals surface area contributed by atoms with Crippen LogP contribution in [-0.2, 0) is 24.3 Å². The molecule has 10 heteroatoms. The number of anilines is 1. The number of rotatable bonds is 8. The van der Waals surface area contributed by atoms with E-state index in [1.54, 1.807) is 6.07 Å². The third-order valence-corrected chi connectivity index (χ3v) is 6.32.